The molecule has 6 nitrogen and oxygen atoms in total. The van der Waals surface area contributed by atoms with Crippen molar-refractivity contribution in [3.8, 4) is 0 Å². The number of rotatable bonds is 2. The molecule has 3 amide bonds. The minimum Gasteiger partial charge on any atom is -0.331 e. The van der Waals surface area contributed by atoms with E-state index in [0.717, 1.165) is 55.8 Å². The Bertz CT molecular complexity index is 631. The van der Waals surface area contributed by atoms with E-state index in [1.54, 1.807) is 0 Å². The molecule has 1 aromatic rings. The van der Waals surface area contributed by atoms with E-state index in [2.05, 4.69) is 28.6 Å². The summed E-state index contributed by atoms with van der Waals surface area (Å²) >= 11 is 0. The number of carbonyl (C=O) groups excluding carboxylic acids is 2. The van der Waals surface area contributed by atoms with Crippen molar-refractivity contribution >= 4 is 17.6 Å². The van der Waals surface area contributed by atoms with Crippen LogP contribution in [0.4, 0.5) is 10.5 Å². The number of aryl methyl sites for hydroxylation is 1. The van der Waals surface area contributed by atoms with Crippen LogP contribution in [0.25, 0.3) is 0 Å². The van der Waals surface area contributed by atoms with Crippen LogP contribution in [0.5, 0.6) is 0 Å². The SMILES string of the molecule is CC(NC(=O)N1CCCN(C)CC1)c1ccc2c(c1)CCC(=O)N2. The molecule has 2 heterocycles. The van der Waals surface area contributed by atoms with Crippen LogP contribution >= 0.6 is 0 Å². The van der Waals surface area contributed by atoms with Gasteiger partial charge in [0.05, 0.1) is 6.04 Å². The average molecular weight is 330 g/mol. The Balaban J connectivity index is 1.63. The first kappa shape index (κ1) is 16.8. The summed E-state index contributed by atoms with van der Waals surface area (Å²) in [6.45, 7) is 5.53. The van der Waals surface area contributed by atoms with Crippen molar-refractivity contribution in [1.29, 1.82) is 0 Å². The van der Waals surface area contributed by atoms with Gasteiger partial charge in [0, 0.05) is 31.7 Å². The molecule has 130 valence electrons. The molecule has 3 rings (SSSR count). The van der Waals surface area contributed by atoms with Gasteiger partial charge in [-0.2, -0.15) is 0 Å². The number of likely N-dealkylation sites (N-methyl/N-ethyl adjacent to an activating group) is 1. The molecule has 2 aliphatic heterocycles. The molecule has 2 aliphatic rings. The van der Waals surface area contributed by atoms with Crippen LogP contribution in [0.3, 0.4) is 0 Å². The molecule has 0 aliphatic carbocycles. The number of hydrogen-bond acceptors (Lipinski definition) is 3. The lowest BCUT2D eigenvalue weighted by atomic mass is 9.98. The van der Waals surface area contributed by atoms with E-state index in [4.69, 9.17) is 0 Å². The summed E-state index contributed by atoms with van der Waals surface area (Å²) in [4.78, 5) is 28.1. The highest BCUT2D eigenvalue weighted by molar-refractivity contribution is 5.93. The van der Waals surface area contributed by atoms with Crippen LogP contribution in [0, 0.1) is 0 Å². The van der Waals surface area contributed by atoms with Gasteiger partial charge in [0.15, 0.2) is 0 Å². The number of hydrogen-bond donors (Lipinski definition) is 2. The van der Waals surface area contributed by atoms with E-state index >= 15 is 0 Å². The first-order valence-corrected chi connectivity index (χ1v) is 8.69. The van der Waals surface area contributed by atoms with Crippen LogP contribution in [0.1, 0.15) is 36.9 Å². The van der Waals surface area contributed by atoms with E-state index in [1.165, 1.54) is 0 Å². The highest BCUT2D eigenvalue weighted by atomic mass is 16.2. The summed E-state index contributed by atoms with van der Waals surface area (Å²) in [5.41, 5.74) is 3.11. The standard InChI is InChI=1S/C18H26N4O2/c1-13(19-18(24)22-9-3-8-21(2)10-11-22)14-4-6-16-15(12-14)5-7-17(23)20-16/h4,6,12-13H,3,5,7-11H2,1-2H3,(H,19,24)(H,20,23). The maximum atomic E-state index is 12.5. The third-order valence-electron chi connectivity index (χ3n) is 4.87. The van der Waals surface area contributed by atoms with Crippen LogP contribution in [0.15, 0.2) is 18.2 Å². The molecular weight excluding hydrogens is 304 g/mol. The van der Waals surface area contributed by atoms with Gasteiger partial charge in [0.25, 0.3) is 0 Å². The fourth-order valence-corrected chi connectivity index (χ4v) is 3.28. The van der Waals surface area contributed by atoms with Crippen LogP contribution in [-0.4, -0.2) is 55.0 Å². The molecule has 1 aromatic carbocycles. The second-order valence-corrected chi connectivity index (χ2v) is 6.78. The maximum absolute atomic E-state index is 12.5. The summed E-state index contributed by atoms with van der Waals surface area (Å²) in [6, 6.07) is 5.96. The molecule has 0 bridgehead atoms. The summed E-state index contributed by atoms with van der Waals surface area (Å²) in [7, 11) is 2.09. The Morgan fingerprint density at radius 3 is 2.88 bits per heavy atom. The quantitative estimate of drug-likeness (QED) is 0.871. The Hall–Kier alpha value is -2.08. The molecule has 0 aromatic heterocycles. The second-order valence-electron chi connectivity index (χ2n) is 6.78. The van der Waals surface area contributed by atoms with E-state index in [0.29, 0.717) is 6.42 Å². The van der Waals surface area contributed by atoms with Gasteiger partial charge in [0.1, 0.15) is 0 Å². The lowest BCUT2D eigenvalue weighted by Gasteiger charge is -2.25. The molecule has 0 radical (unpaired) electrons. The third-order valence-corrected chi connectivity index (χ3v) is 4.87. The number of nitrogens with one attached hydrogen (secondary N) is 2. The Morgan fingerprint density at radius 1 is 1.21 bits per heavy atom. The molecule has 1 atom stereocenters. The largest absolute Gasteiger partial charge is 0.331 e. The lowest BCUT2D eigenvalue weighted by Crippen LogP contribution is -2.42. The fraction of sp³-hybridized carbons (Fsp3) is 0.556. The van der Waals surface area contributed by atoms with Crippen molar-refractivity contribution in [2.45, 2.75) is 32.2 Å². The molecule has 24 heavy (non-hydrogen) atoms. The summed E-state index contributed by atoms with van der Waals surface area (Å²) in [5, 5.41) is 6.00. The lowest BCUT2D eigenvalue weighted by molar-refractivity contribution is -0.116. The van der Waals surface area contributed by atoms with E-state index < -0.39 is 0 Å². The van der Waals surface area contributed by atoms with Crippen molar-refractivity contribution < 1.29 is 9.59 Å². The smallest absolute Gasteiger partial charge is 0.317 e. The number of urea groups is 1. The van der Waals surface area contributed by atoms with Gasteiger partial charge in [0.2, 0.25) is 5.91 Å². The van der Waals surface area contributed by atoms with Gasteiger partial charge in [-0.3, -0.25) is 4.79 Å². The molecule has 1 unspecified atom stereocenters. The molecule has 0 saturated carbocycles. The van der Waals surface area contributed by atoms with Gasteiger partial charge in [-0.15, -0.1) is 0 Å². The fourth-order valence-electron chi connectivity index (χ4n) is 3.28. The molecule has 1 fully saturated rings. The summed E-state index contributed by atoms with van der Waals surface area (Å²) < 4.78 is 0. The summed E-state index contributed by atoms with van der Waals surface area (Å²) in [5.74, 6) is 0.0720. The second kappa shape index (κ2) is 7.21. The topological polar surface area (TPSA) is 64.7 Å². The Kier molecular flexibility index (Phi) is 5.04. The first-order valence-electron chi connectivity index (χ1n) is 8.69. The average Bonchev–Trinajstić information content (AvgIpc) is 2.79. The summed E-state index contributed by atoms with van der Waals surface area (Å²) in [6.07, 6.45) is 2.30. The number of nitrogens with zero attached hydrogens (tertiary/aromatic N) is 2. The maximum Gasteiger partial charge on any atom is 0.317 e. The zero-order valence-corrected chi connectivity index (χ0v) is 14.5. The highest BCUT2D eigenvalue weighted by Gasteiger charge is 2.21. The Morgan fingerprint density at radius 2 is 2.04 bits per heavy atom. The monoisotopic (exact) mass is 330 g/mol. The van der Waals surface area contributed by atoms with Gasteiger partial charge in [-0.1, -0.05) is 12.1 Å². The number of anilines is 1. The first-order chi connectivity index (χ1) is 11.5. The van der Waals surface area contributed by atoms with Gasteiger partial charge in [-0.05, 0) is 50.6 Å². The van der Waals surface area contributed by atoms with Gasteiger partial charge < -0.3 is 20.4 Å². The molecule has 0 spiro atoms. The van der Waals surface area contributed by atoms with Gasteiger partial charge in [-0.25, -0.2) is 4.79 Å². The van der Waals surface area contributed by atoms with Crippen molar-refractivity contribution in [3.05, 3.63) is 29.3 Å². The van der Waals surface area contributed by atoms with Crippen molar-refractivity contribution in [2.75, 3.05) is 38.5 Å². The van der Waals surface area contributed by atoms with Crippen molar-refractivity contribution in [2.24, 2.45) is 0 Å². The normalized spacial score (nSPS) is 19.9. The molecule has 1 saturated heterocycles. The van der Waals surface area contributed by atoms with E-state index in [1.807, 2.05) is 24.0 Å². The number of fused-ring (bicyclic) bond motifs is 1. The van der Waals surface area contributed by atoms with E-state index in [-0.39, 0.29) is 18.0 Å². The minimum atomic E-state index is -0.0542. The van der Waals surface area contributed by atoms with Crippen molar-refractivity contribution in [3.63, 3.8) is 0 Å². The zero-order valence-electron chi connectivity index (χ0n) is 14.5. The molecular formula is C18H26N4O2. The zero-order chi connectivity index (χ0) is 17.1. The van der Waals surface area contributed by atoms with Crippen LogP contribution in [-0.2, 0) is 11.2 Å². The van der Waals surface area contributed by atoms with Crippen LogP contribution in [0.2, 0.25) is 0 Å². The third kappa shape index (κ3) is 3.87. The highest BCUT2D eigenvalue weighted by Crippen LogP contribution is 2.26. The molecule has 6 heteroatoms. The number of amides is 3. The van der Waals surface area contributed by atoms with Crippen molar-refractivity contribution in [1.82, 2.24) is 15.1 Å². The number of benzene rings is 1. The predicted molar refractivity (Wildman–Crippen MR) is 94.0 cm³/mol. The van der Waals surface area contributed by atoms with E-state index in [9.17, 15) is 9.59 Å². The van der Waals surface area contributed by atoms with Gasteiger partial charge >= 0.3 is 6.03 Å². The minimum absolute atomic E-state index is 0.00354. The predicted octanol–water partition coefficient (Wildman–Crippen LogP) is 1.98. The molecule has 2 N–H and O–H groups in total. The Labute approximate surface area is 143 Å². The number of carbonyl (C=O) groups is 2. The van der Waals surface area contributed by atoms with Crippen LogP contribution < -0.4 is 10.6 Å².